The highest BCUT2D eigenvalue weighted by Crippen LogP contribution is 2.46. The van der Waals surface area contributed by atoms with Crippen molar-refractivity contribution in [1.29, 1.82) is 0 Å². The molecule has 0 radical (unpaired) electrons. The lowest BCUT2D eigenvalue weighted by molar-refractivity contribution is 0.342. The van der Waals surface area contributed by atoms with E-state index >= 15 is 0 Å². The van der Waals surface area contributed by atoms with E-state index in [1.54, 1.807) is 0 Å². The molecule has 4 rings (SSSR count). The van der Waals surface area contributed by atoms with Crippen LogP contribution in [0.5, 0.6) is 0 Å². The van der Waals surface area contributed by atoms with Crippen molar-refractivity contribution in [2.75, 3.05) is 16.8 Å². The molecular formula is C15H19IN2. The van der Waals surface area contributed by atoms with Gasteiger partial charge in [0.2, 0.25) is 0 Å². The molecule has 1 aromatic carbocycles. The minimum Gasteiger partial charge on any atom is -0.381 e. The summed E-state index contributed by atoms with van der Waals surface area (Å²) < 4.78 is 1.33. The fraction of sp³-hybridized carbons (Fsp3) is 0.600. The van der Waals surface area contributed by atoms with E-state index in [0.29, 0.717) is 0 Å². The lowest BCUT2D eigenvalue weighted by atomic mass is 9.85. The van der Waals surface area contributed by atoms with Crippen LogP contribution in [0.4, 0.5) is 11.4 Å². The number of hydrogen-bond donors (Lipinski definition) is 1. The summed E-state index contributed by atoms with van der Waals surface area (Å²) in [6.45, 7) is 1.14. The highest BCUT2D eigenvalue weighted by molar-refractivity contribution is 14.1. The number of nitrogens with zero attached hydrogens (tertiary/aromatic N) is 1. The lowest BCUT2D eigenvalue weighted by Gasteiger charge is -2.40. The van der Waals surface area contributed by atoms with E-state index in [4.69, 9.17) is 0 Å². The Morgan fingerprint density at radius 1 is 1.22 bits per heavy atom. The molecule has 3 atom stereocenters. The molecule has 1 N–H and O–H groups in total. The monoisotopic (exact) mass is 354 g/mol. The summed E-state index contributed by atoms with van der Waals surface area (Å²) in [6.07, 6.45) is 7.15. The third-order valence-electron chi connectivity index (χ3n) is 4.96. The number of anilines is 2. The van der Waals surface area contributed by atoms with Crippen LogP contribution in [0.1, 0.15) is 32.1 Å². The van der Waals surface area contributed by atoms with Crippen molar-refractivity contribution >= 4 is 34.0 Å². The van der Waals surface area contributed by atoms with Crippen molar-refractivity contribution in [3.8, 4) is 0 Å². The van der Waals surface area contributed by atoms with Gasteiger partial charge in [-0.15, -0.1) is 0 Å². The van der Waals surface area contributed by atoms with Gasteiger partial charge in [-0.2, -0.15) is 0 Å². The molecule has 2 fully saturated rings. The molecule has 1 aromatic rings. The first kappa shape index (κ1) is 11.4. The van der Waals surface area contributed by atoms with Crippen LogP contribution in [0.25, 0.3) is 0 Å². The maximum Gasteiger partial charge on any atom is 0.0608 e. The van der Waals surface area contributed by atoms with Gasteiger partial charge in [0.15, 0.2) is 0 Å². The first-order chi connectivity index (χ1) is 8.83. The van der Waals surface area contributed by atoms with Crippen molar-refractivity contribution < 1.29 is 0 Å². The zero-order valence-electron chi connectivity index (χ0n) is 10.5. The van der Waals surface area contributed by atoms with Gasteiger partial charge in [0.25, 0.3) is 0 Å². The molecule has 3 aliphatic rings. The summed E-state index contributed by atoms with van der Waals surface area (Å²) in [5.41, 5.74) is 2.81. The highest BCUT2D eigenvalue weighted by atomic mass is 127. The maximum absolute atomic E-state index is 3.64. The van der Waals surface area contributed by atoms with Gasteiger partial charge < -0.3 is 10.2 Å². The molecule has 1 aliphatic carbocycles. The van der Waals surface area contributed by atoms with Crippen molar-refractivity contribution in [3.63, 3.8) is 0 Å². The third kappa shape index (κ3) is 1.66. The van der Waals surface area contributed by atoms with Crippen LogP contribution in [-0.2, 0) is 0 Å². The summed E-state index contributed by atoms with van der Waals surface area (Å²) in [4.78, 5) is 2.76. The van der Waals surface area contributed by atoms with Gasteiger partial charge in [-0.3, -0.25) is 0 Å². The number of benzene rings is 1. The molecule has 0 bridgehead atoms. The van der Waals surface area contributed by atoms with E-state index in [2.05, 4.69) is 51.0 Å². The number of fused-ring (bicyclic) bond motifs is 5. The Kier molecular flexibility index (Phi) is 2.71. The molecule has 2 aliphatic heterocycles. The molecular weight excluding hydrogens is 335 g/mol. The zero-order valence-corrected chi connectivity index (χ0v) is 12.7. The van der Waals surface area contributed by atoms with Crippen LogP contribution in [-0.4, -0.2) is 18.6 Å². The topological polar surface area (TPSA) is 15.3 Å². The van der Waals surface area contributed by atoms with E-state index in [0.717, 1.165) is 24.5 Å². The molecule has 3 unspecified atom stereocenters. The van der Waals surface area contributed by atoms with Crippen LogP contribution < -0.4 is 10.2 Å². The standard InChI is InChI=1S/C15H19IN2/c16-11-5-6-15-13(8-11)17-9-12-7-10-3-1-2-4-14(10)18(12)15/h5-6,8,10,12,14,17H,1-4,7,9H2. The molecule has 1 saturated heterocycles. The van der Waals surface area contributed by atoms with Crippen LogP contribution in [0, 0.1) is 9.49 Å². The number of halogens is 1. The molecule has 0 spiro atoms. The largest absolute Gasteiger partial charge is 0.381 e. The molecule has 0 aromatic heterocycles. The maximum atomic E-state index is 3.64. The summed E-state index contributed by atoms with van der Waals surface area (Å²) in [5, 5.41) is 3.64. The van der Waals surface area contributed by atoms with Crippen LogP contribution in [0.2, 0.25) is 0 Å². The summed E-state index contributed by atoms with van der Waals surface area (Å²) >= 11 is 2.40. The third-order valence-corrected chi connectivity index (χ3v) is 5.63. The van der Waals surface area contributed by atoms with E-state index in [-0.39, 0.29) is 0 Å². The van der Waals surface area contributed by atoms with Gasteiger partial charge in [-0.1, -0.05) is 12.8 Å². The Bertz CT molecular complexity index is 474. The number of rotatable bonds is 0. The fourth-order valence-corrected chi connectivity index (χ4v) is 4.71. The highest BCUT2D eigenvalue weighted by Gasteiger charge is 2.44. The Morgan fingerprint density at radius 2 is 2.11 bits per heavy atom. The molecule has 1 saturated carbocycles. The number of hydrogen-bond acceptors (Lipinski definition) is 2. The quantitative estimate of drug-likeness (QED) is 0.712. The predicted molar refractivity (Wildman–Crippen MR) is 84.3 cm³/mol. The van der Waals surface area contributed by atoms with E-state index in [9.17, 15) is 0 Å². The summed E-state index contributed by atoms with van der Waals surface area (Å²) in [6, 6.07) is 8.44. The van der Waals surface area contributed by atoms with E-state index < -0.39 is 0 Å². The predicted octanol–water partition coefficient (Wildman–Crippen LogP) is 3.85. The van der Waals surface area contributed by atoms with Crippen LogP contribution >= 0.6 is 22.6 Å². The Hall–Kier alpha value is -0.450. The Morgan fingerprint density at radius 3 is 3.06 bits per heavy atom. The normalized spacial score (nSPS) is 33.4. The minimum absolute atomic E-state index is 0.741. The second-order valence-electron chi connectivity index (χ2n) is 5.95. The van der Waals surface area contributed by atoms with Gasteiger partial charge in [-0.25, -0.2) is 0 Å². The van der Waals surface area contributed by atoms with E-state index in [1.807, 2.05) is 0 Å². The van der Waals surface area contributed by atoms with Crippen molar-refractivity contribution in [1.82, 2.24) is 0 Å². The van der Waals surface area contributed by atoms with Gasteiger partial charge in [-0.05, 0) is 66.0 Å². The Balaban J connectivity index is 1.75. The molecule has 0 amide bonds. The lowest BCUT2D eigenvalue weighted by Crippen LogP contribution is -2.44. The average molecular weight is 354 g/mol. The SMILES string of the molecule is Ic1ccc2c(c1)NCC1CC3CCCCC3N21. The molecule has 2 heterocycles. The molecule has 3 heteroatoms. The number of nitrogens with one attached hydrogen (secondary N) is 1. The minimum atomic E-state index is 0.741. The van der Waals surface area contributed by atoms with Crippen molar-refractivity contribution in [2.45, 2.75) is 44.2 Å². The molecule has 2 nitrogen and oxygen atoms in total. The smallest absolute Gasteiger partial charge is 0.0608 e. The average Bonchev–Trinajstić information content (AvgIpc) is 2.77. The second kappa shape index (κ2) is 4.29. The summed E-state index contributed by atoms with van der Waals surface area (Å²) in [5.74, 6) is 0.954. The van der Waals surface area contributed by atoms with Gasteiger partial charge >= 0.3 is 0 Å². The molecule has 18 heavy (non-hydrogen) atoms. The fourth-order valence-electron chi connectivity index (χ4n) is 4.22. The van der Waals surface area contributed by atoms with Gasteiger partial charge in [0, 0.05) is 22.2 Å². The molecule has 96 valence electrons. The van der Waals surface area contributed by atoms with Crippen molar-refractivity contribution in [3.05, 3.63) is 21.8 Å². The van der Waals surface area contributed by atoms with Crippen molar-refractivity contribution in [2.24, 2.45) is 5.92 Å². The first-order valence-electron chi connectivity index (χ1n) is 7.15. The van der Waals surface area contributed by atoms with Gasteiger partial charge in [0.05, 0.1) is 11.4 Å². The van der Waals surface area contributed by atoms with Crippen LogP contribution in [0.15, 0.2) is 18.2 Å². The van der Waals surface area contributed by atoms with Crippen LogP contribution in [0.3, 0.4) is 0 Å². The first-order valence-corrected chi connectivity index (χ1v) is 8.22. The van der Waals surface area contributed by atoms with Gasteiger partial charge in [0.1, 0.15) is 0 Å². The van der Waals surface area contributed by atoms with E-state index in [1.165, 1.54) is 47.0 Å². The second-order valence-corrected chi connectivity index (χ2v) is 7.20. The zero-order chi connectivity index (χ0) is 12.1. The summed E-state index contributed by atoms with van der Waals surface area (Å²) in [7, 11) is 0. The Labute approximate surface area is 122 Å².